The number of pyridine rings is 1. The summed E-state index contributed by atoms with van der Waals surface area (Å²) in [5.74, 6) is 0.176. The zero-order valence-electron chi connectivity index (χ0n) is 14.6. The lowest BCUT2D eigenvalue weighted by Gasteiger charge is -2.24. The fourth-order valence-electron chi connectivity index (χ4n) is 3.25. The summed E-state index contributed by atoms with van der Waals surface area (Å²) in [5, 5.41) is 14.1. The van der Waals surface area contributed by atoms with Gasteiger partial charge < -0.3 is 10.6 Å². The number of fused-ring (bicyclic) bond motifs is 2. The van der Waals surface area contributed by atoms with Crippen molar-refractivity contribution in [2.75, 3.05) is 10.6 Å². The number of carbonyl (C=O) groups excluding carboxylic acids is 2. The van der Waals surface area contributed by atoms with Gasteiger partial charge in [0, 0.05) is 24.2 Å². The van der Waals surface area contributed by atoms with Crippen LogP contribution in [0.3, 0.4) is 0 Å². The normalized spacial score (nSPS) is 16.4. The molecule has 2 amide bonds. The maximum atomic E-state index is 12.8. The standard InChI is InChI=1S/C19H19N5O2/c1-11(2)18-23-22-16-8-7-12(10-24(16)18)20-19(26)14-9-17(25)21-15-6-4-3-5-13(14)15/h3-8,10-11,14H,9H2,1-2H3,(H,20,26)(H,21,25)/t14-/m0/s1. The number of rotatable bonds is 3. The molecule has 0 unspecified atom stereocenters. The molecular formula is C19H19N5O2. The van der Waals surface area contributed by atoms with Crippen molar-refractivity contribution in [1.29, 1.82) is 0 Å². The lowest BCUT2D eigenvalue weighted by molar-refractivity contribution is -0.123. The van der Waals surface area contributed by atoms with Gasteiger partial charge in [0.15, 0.2) is 5.65 Å². The van der Waals surface area contributed by atoms with E-state index in [-0.39, 0.29) is 24.2 Å². The van der Waals surface area contributed by atoms with Gasteiger partial charge in [-0.15, -0.1) is 10.2 Å². The highest BCUT2D eigenvalue weighted by Crippen LogP contribution is 2.32. The summed E-state index contributed by atoms with van der Waals surface area (Å²) < 4.78 is 1.88. The summed E-state index contributed by atoms with van der Waals surface area (Å²) in [6, 6.07) is 11.0. The Morgan fingerprint density at radius 1 is 1.23 bits per heavy atom. The van der Waals surface area contributed by atoms with Crippen LogP contribution in [0.5, 0.6) is 0 Å². The summed E-state index contributed by atoms with van der Waals surface area (Å²) in [6.45, 7) is 4.08. The van der Waals surface area contributed by atoms with Gasteiger partial charge in [-0.1, -0.05) is 32.0 Å². The van der Waals surface area contributed by atoms with Gasteiger partial charge in [-0.2, -0.15) is 0 Å². The zero-order valence-corrected chi connectivity index (χ0v) is 14.6. The second-order valence-electron chi connectivity index (χ2n) is 6.74. The predicted octanol–water partition coefficient (Wildman–Crippen LogP) is 2.92. The predicted molar refractivity (Wildman–Crippen MR) is 98.1 cm³/mol. The van der Waals surface area contributed by atoms with Crippen LogP contribution in [0, 0.1) is 0 Å². The van der Waals surface area contributed by atoms with Crippen LogP contribution in [0.2, 0.25) is 0 Å². The van der Waals surface area contributed by atoms with E-state index in [0.717, 1.165) is 17.0 Å². The van der Waals surface area contributed by atoms with Crippen molar-refractivity contribution in [3.63, 3.8) is 0 Å². The summed E-state index contributed by atoms with van der Waals surface area (Å²) in [5.41, 5.74) is 2.90. The van der Waals surface area contributed by atoms with Gasteiger partial charge in [-0.25, -0.2) is 0 Å². The van der Waals surface area contributed by atoms with E-state index in [0.29, 0.717) is 11.4 Å². The van der Waals surface area contributed by atoms with Crippen LogP contribution < -0.4 is 10.6 Å². The van der Waals surface area contributed by atoms with Gasteiger partial charge in [0.1, 0.15) is 5.82 Å². The Labute approximate surface area is 150 Å². The van der Waals surface area contributed by atoms with Crippen LogP contribution in [0.15, 0.2) is 42.6 Å². The van der Waals surface area contributed by atoms with E-state index in [4.69, 9.17) is 0 Å². The van der Waals surface area contributed by atoms with Gasteiger partial charge in [-0.05, 0) is 23.8 Å². The summed E-state index contributed by atoms with van der Waals surface area (Å²) in [6.07, 6.45) is 1.95. The fourth-order valence-corrected chi connectivity index (χ4v) is 3.25. The molecule has 0 radical (unpaired) electrons. The minimum atomic E-state index is -0.513. The highest BCUT2D eigenvalue weighted by atomic mass is 16.2. The smallest absolute Gasteiger partial charge is 0.232 e. The SMILES string of the molecule is CC(C)c1nnc2ccc(NC(=O)[C@H]3CC(=O)Nc4ccccc43)cn12. The highest BCUT2D eigenvalue weighted by molar-refractivity contribution is 6.05. The average Bonchev–Trinajstić information content (AvgIpc) is 3.04. The summed E-state index contributed by atoms with van der Waals surface area (Å²) in [4.78, 5) is 24.8. The zero-order chi connectivity index (χ0) is 18.3. The fraction of sp³-hybridized carbons (Fsp3) is 0.263. The molecule has 1 aliphatic rings. The Hall–Kier alpha value is -3.22. The Balaban J connectivity index is 1.63. The second-order valence-corrected chi connectivity index (χ2v) is 6.74. The average molecular weight is 349 g/mol. The Kier molecular flexibility index (Phi) is 3.91. The van der Waals surface area contributed by atoms with Crippen molar-refractivity contribution in [2.45, 2.75) is 32.1 Å². The number of nitrogens with one attached hydrogen (secondary N) is 2. The first-order valence-corrected chi connectivity index (χ1v) is 8.57. The molecule has 2 N–H and O–H groups in total. The largest absolute Gasteiger partial charge is 0.326 e. The van der Waals surface area contributed by atoms with Gasteiger partial charge in [-0.3, -0.25) is 14.0 Å². The van der Waals surface area contributed by atoms with E-state index in [1.807, 2.05) is 54.8 Å². The molecule has 0 bridgehead atoms. The van der Waals surface area contributed by atoms with Crippen molar-refractivity contribution >= 4 is 28.8 Å². The lowest BCUT2D eigenvalue weighted by atomic mass is 9.90. The minimum absolute atomic E-state index is 0.134. The minimum Gasteiger partial charge on any atom is -0.326 e. The summed E-state index contributed by atoms with van der Waals surface area (Å²) in [7, 11) is 0. The van der Waals surface area contributed by atoms with Crippen LogP contribution in [0.4, 0.5) is 11.4 Å². The molecule has 4 rings (SSSR count). The molecular weight excluding hydrogens is 330 g/mol. The maximum Gasteiger partial charge on any atom is 0.232 e. The molecule has 26 heavy (non-hydrogen) atoms. The van der Waals surface area contributed by atoms with Crippen LogP contribution in [0.25, 0.3) is 5.65 Å². The number of hydrogen-bond donors (Lipinski definition) is 2. The second kappa shape index (κ2) is 6.25. The van der Waals surface area contributed by atoms with Crippen molar-refractivity contribution in [3.8, 4) is 0 Å². The Morgan fingerprint density at radius 2 is 2.04 bits per heavy atom. The number of anilines is 2. The number of nitrogens with zero attached hydrogens (tertiary/aromatic N) is 3. The number of hydrogen-bond acceptors (Lipinski definition) is 4. The molecule has 1 atom stereocenters. The van der Waals surface area contributed by atoms with Gasteiger partial charge in [0.25, 0.3) is 0 Å². The molecule has 0 aliphatic carbocycles. The van der Waals surface area contributed by atoms with Crippen LogP contribution in [-0.4, -0.2) is 26.4 Å². The van der Waals surface area contributed by atoms with Crippen molar-refractivity contribution in [2.24, 2.45) is 0 Å². The molecule has 0 saturated heterocycles. The molecule has 7 heteroatoms. The quantitative estimate of drug-likeness (QED) is 0.761. The third kappa shape index (κ3) is 2.81. The first-order chi connectivity index (χ1) is 12.5. The Morgan fingerprint density at radius 3 is 2.85 bits per heavy atom. The highest BCUT2D eigenvalue weighted by Gasteiger charge is 2.30. The first kappa shape index (κ1) is 16.3. The van der Waals surface area contributed by atoms with Crippen LogP contribution >= 0.6 is 0 Å². The number of amides is 2. The van der Waals surface area contributed by atoms with Gasteiger partial charge in [0.2, 0.25) is 11.8 Å². The van der Waals surface area contributed by atoms with Crippen molar-refractivity contribution < 1.29 is 9.59 Å². The van der Waals surface area contributed by atoms with E-state index in [1.54, 1.807) is 6.07 Å². The van der Waals surface area contributed by atoms with E-state index < -0.39 is 5.92 Å². The number of para-hydroxylation sites is 1. The van der Waals surface area contributed by atoms with Crippen LogP contribution in [0.1, 0.15) is 43.5 Å². The van der Waals surface area contributed by atoms with Gasteiger partial charge in [0.05, 0.1) is 11.6 Å². The third-order valence-electron chi connectivity index (χ3n) is 4.53. The van der Waals surface area contributed by atoms with E-state index >= 15 is 0 Å². The molecule has 2 aromatic heterocycles. The van der Waals surface area contributed by atoms with E-state index in [2.05, 4.69) is 20.8 Å². The first-order valence-electron chi connectivity index (χ1n) is 8.57. The molecule has 0 saturated carbocycles. The topological polar surface area (TPSA) is 88.4 Å². The van der Waals surface area contributed by atoms with E-state index in [1.165, 1.54) is 0 Å². The van der Waals surface area contributed by atoms with Gasteiger partial charge >= 0.3 is 0 Å². The number of benzene rings is 1. The molecule has 1 aliphatic heterocycles. The van der Waals surface area contributed by atoms with Crippen LogP contribution in [-0.2, 0) is 9.59 Å². The molecule has 1 aromatic carbocycles. The molecule has 3 aromatic rings. The molecule has 0 spiro atoms. The lowest BCUT2D eigenvalue weighted by Crippen LogP contribution is -2.30. The molecule has 3 heterocycles. The van der Waals surface area contributed by atoms with E-state index in [9.17, 15) is 9.59 Å². The van der Waals surface area contributed by atoms with Crippen molar-refractivity contribution in [3.05, 3.63) is 54.0 Å². The number of aromatic nitrogens is 3. The summed E-state index contributed by atoms with van der Waals surface area (Å²) >= 11 is 0. The molecule has 7 nitrogen and oxygen atoms in total. The molecule has 132 valence electrons. The molecule has 0 fully saturated rings. The van der Waals surface area contributed by atoms with Crippen molar-refractivity contribution in [1.82, 2.24) is 14.6 Å². The third-order valence-corrected chi connectivity index (χ3v) is 4.53. The monoisotopic (exact) mass is 349 g/mol. The maximum absolute atomic E-state index is 12.8. The number of carbonyl (C=O) groups is 2. The Bertz CT molecular complexity index is 1010.